The minimum Gasteiger partial charge on any atom is -0.492 e. The zero-order valence-corrected chi connectivity index (χ0v) is 15.9. The number of ether oxygens (including phenoxy) is 1. The zero-order chi connectivity index (χ0) is 18.3. The van der Waals surface area contributed by atoms with Crippen molar-refractivity contribution in [3.8, 4) is 5.75 Å². The number of nitrogens with one attached hydrogen (secondary N) is 1. The Morgan fingerprint density at radius 3 is 2.56 bits per heavy atom. The van der Waals surface area contributed by atoms with Crippen LogP contribution in [-0.2, 0) is 4.79 Å². The van der Waals surface area contributed by atoms with Gasteiger partial charge in [0.2, 0.25) is 5.91 Å². The summed E-state index contributed by atoms with van der Waals surface area (Å²) in [6, 6.07) is 7.59. The first-order valence-electron chi connectivity index (χ1n) is 9.51. The molecule has 2 atom stereocenters. The van der Waals surface area contributed by atoms with Crippen LogP contribution in [0.5, 0.6) is 5.75 Å². The van der Waals surface area contributed by atoms with Crippen LogP contribution < -0.4 is 15.8 Å². The lowest BCUT2D eigenvalue weighted by Crippen LogP contribution is -2.51. The first-order chi connectivity index (χ1) is 12.0. The van der Waals surface area contributed by atoms with Crippen molar-refractivity contribution in [1.82, 2.24) is 4.90 Å². The van der Waals surface area contributed by atoms with Gasteiger partial charge in [-0.1, -0.05) is 26.7 Å². The monoisotopic (exact) mass is 347 g/mol. The van der Waals surface area contributed by atoms with Gasteiger partial charge in [-0.2, -0.15) is 0 Å². The lowest BCUT2D eigenvalue weighted by Gasteiger charge is -2.37. The summed E-state index contributed by atoms with van der Waals surface area (Å²) in [5, 5.41) is 3.00. The van der Waals surface area contributed by atoms with Crippen LogP contribution in [0, 0.1) is 5.92 Å². The SMILES string of the molecule is CCN(CC)CCOc1ccc(NC(=O)C2CCCCC2(C)N)cc1. The third-order valence-corrected chi connectivity index (χ3v) is 5.26. The summed E-state index contributed by atoms with van der Waals surface area (Å²) in [6.45, 7) is 9.95. The van der Waals surface area contributed by atoms with Gasteiger partial charge in [-0.3, -0.25) is 4.79 Å². The number of anilines is 1. The van der Waals surface area contributed by atoms with Gasteiger partial charge >= 0.3 is 0 Å². The predicted octanol–water partition coefficient (Wildman–Crippen LogP) is 3.25. The van der Waals surface area contributed by atoms with E-state index in [2.05, 4.69) is 24.1 Å². The fraction of sp³-hybridized carbons (Fsp3) is 0.650. The van der Waals surface area contributed by atoms with Crippen LogP contribution in [0.3, 0.4) is 0 Å². The maximum atomic E-state index is 12.6. The normalized spacial score (nSPS) is 23.5. The van der Waals surface area contributed by atoms with Gasteiger partial charge < -0.3 is 20.7 Å². The molecule has 2 rings (SSSR count). The van der Waals surface area contributed by atoms with Crippen molar-refractivity contribution in [3.63, 3.8) is 0 Å². The molecule has 2 unspecified atom stereocenters. The van der Waals surface area contributed by atoms with Gasteiger partial charge in [-0.05, 0) is 57.1 Å². The standard InChI is InChI=1S/C20H33N3O2/c1-4-23(5-2)14-15-25-17-11-9-16(10-12-17)22-19(24)18-8-6-7-13-20(18,3)21/h9-12,18H,4-8,13-15,21H2,1-3H3,(H,22,24). The van der Waals surface area contributed by atoms with E-state index in [1.165, 1.54) is 0 Å². The number of nitrogens with two attached hydrogens (primary N) is 1. The molecule has 1 amide bonds. The first-order valence-corrected chi connectivity index (χ1v) is 9.51. The number of nitrogens with zero attached hydrogens (tertiary/aromatic N) is 1. The summed E-state index contributed by atoms with van der Waals surface area (Å²) >= 11 is 0. The Balaban J connectivity index is 1.84. The number of hydrogen-bond donors (Lipinski definition) is 2. The highest BCUT2D eigenvalue weighted by Gasteiger charge is 2.37. The molecule has 1 saturated carbocycles. The van der Waals surface area contributed by atoms with Crippen molar-refractivity contribution >= 4 is 11.6 Å². The van der Waals surface area contributed by atoms with E-state index in [-0.39, 0.29) is 11.8 Å². The van der Waals surface area contributed by atoms with Crippen LogP contribution in [0.15, 0.2) is 24.3 Å². The lowest BCUT2D eigenvalue weighted by molar-refractivity contribution is -0.122. The van der Waals surface area contributed by atoms with E-state index < -0.39 is 5.54 Å². The molecule has 0 aromatic heterocycles. The van der Waals surface area contributed by atoms with Crippen molar-refractivity contribution in [2.45, 2.75) is 52.0 Å². The van der Waals surface area contributed by atoms with E-state index in [0.717, 1.165) is 56.8 Å². The number of likely N-dealkylation sites (N-methyl/N-ethyl adjacent to an activating group) is 1. The van der Waals surface area contributed by atoms with Crippen molar-refractivity contribution < 1.29 is 9.53 Å². The summed E-state index contributed by atoms with van der Waals surface area (Å²) in [6.07, 6.45) is 3.95. The molecule has 0 aliphatic heterocycles. The molecule has 140 valence electrons. The molecular weight excluding hydrogens is 314 g/mol. The van der Waals surface area contributed by atoms with E-state index in [4.69, 9.17) is 10.5 Å². The van der Waals surface area contributed by atoms with Crippen LogP contribution in [-0.4, -0.2) is 42.6 Å². The number of rotatable bonds is 8. The molecule has 1 aliphatic rings. The minimum atomic E-state index is -0.407. The molecule has 1 aromatic rings. The number of hydrogen-bond acceptors (Lipinski definition) is 4. The smallest absolute Gasteiger partial charge is 0.229 e. The Bertz CT molecular complexity index is 538. The van der Waals surface area contributed by atoms with Crippen LogP contribution in [0.25, 0.3) is 0 Å². The number of carbonyl (C=O) groups excluding carboxylic acids is 1. The molecule has 1 aromatic carbocycles. The van der Waals surface area contributed by atoms with Gasteiger partial charge in [0, 0.05) is 17.8 Å². The Morgan fingerprint density at radius 1 is 1.28 bits per heavy atom. The molecule has 1 aliphatic carbocycles. The Morgan fingerprint density at radius 2 is 1.96 bits per heavy atom. The van der Waals surface area contributed by atoms with E-state index in [1.807, 2.05) is 31.2 Å². The zero-order valence-electron chi connectivity index (χ0n) is 15.9. The average Bonchev–Trinajstić information content (AvgIpc) is 2.59. The number of amides is 1. The Kier molecular flexibility index (Phi) is 7.26. The molecular formula is C20H33N3O2. The summed E-state index contributed by atoms with van der Waals surface area (Å²) in [5.74, 6) is 0.734. The summed E-state index contributed by atoms with van der Waals surface area (Å²) in [7, 11) is 0. The number of benzene rings is 1. The average molecular weight is 348 g/mol. The fourth-order valence-corrected chi connectivity index (χ4v) is 3.49. The maximum absolute atomic E-state index is 12.6. The largest absolute Gasteiger partial charge is 0.492 e. The molecule has 0 spiro atoms. The van der Waals surface area contributed by atoms with Gasteiger partial charge in [-0.15, -0.1) is 0 Å². The molecule has 1 fully saturated rings. The van der Waals surface area contributed by atoms with Gasteiger partial charge in [-0.25, -0.2) is 0 Å². The first kappa shape index (κ1) is 19.7. The molecule has 0 radical (unpaired) electrons. The van der Waals surface area contributed by atoms with Gasteiger partial charge in [0.1, 0.15) is 12.4 Å². The second-order valence-corrected chi connectivity index (χ2v) is 7.19. The molecule has 3 N–H and O–H groups in total. The van der Waals surface area contributed by atoms with Gasteiger partial charge in [0.25, 0.3) is 0 Å². The molecule has 5 nitrogen and oxygen atoms in total. The molecule has 0 saturated heterocycles. The van der Waals surface area contributed by atoms with E-state index in [1.54, 1.807) is 0 Å². The summed E-state index contributed by atoms with van der Waals surface area (Å²) < 4.78 is 5.78. The predicted molar refractivity (Wildman–Crippen MR) is 103 cm³/mol. The lowest BCUT2D eigenvalue weighted by atomic mass is 9.74. The second kappa shape index (κ2) is 9.20. The van der Waals surface area contributed by atoms with Crippen LogP contribution >= 0.6 is 0 Å². The van der Waals surface area contributed by atoms with Crippen molar-refractivity contribution in [2.24, 2.45) is 11.7 Å². The Labute approximate surface area is 151 Å². The second-order valence-electron chi connectivity index (χ2n) is 7.19. The topological polar surface area (TPSA) is 67.6 Å². The molecule has 0 bridgehead atoms. The molecule has 0 heterocycles. The highest BCUT2D eigenvalue weighted by atomic mass is 16.5. The third-order valence-electron chi connectivity index (χ3n) is 5.26. The fourth-order valence-electron chi connectivity index (χ4n) is 3.49. The third kappa shape index (κ3) is 5.72. The number of carbonyl (C=O) groups is 1. The van der Waals surface area contributed by atoms with Crippen molar-refractivity contribution in [3.05, 3.63) is 24.3 Å². The van der Waals surface area contributed by atoms with Crippen LogP contribution in [0.4, 0.5) is 5.69 Å². The van der Waals surface area contributed by atoms with Crippen LogP contribution in [0.2, 0.25) is 0 Å². The Hall–Kier alpha value is -1.59. The highest BCUT2D eigenvalue weighted by molar-refractivity contribution is 5.93. The van der Waals surface area contributed by atoms with Crippen molar-refractivity contribution in [1.29, 1.82) is 0 Å². The highest BCUT2D eigenvalue weighted by Crippen LogP contribution is 2.32. The van der Waals surface area contributed by atoms with Crippen molar-refractivity contribution in [2.75, 3.05) is 31.6 Å². The quantitative estimate of drug-likeness (QED) is 0.757. The molecule has 25 heavy (non-hydrogen) atoms. The summed E-state index contributed by atoms with van der Waals surface area (Å²) in [4.78, 5) is 14.9. The van der Waals surface area contributed by atoms with Gasteiger partial charge in [0.05, 0.1) is 5.92 Å². The van der Waals surface area contributed by atoms with Gasteiger partial charge in [0.15, 0.2) is 0 Å². The minimum absolute atomic E-state index is 0.0277. The van der Waals surface area contributed by atoms with E-state index in [0.29, 0.717) is 6.61 Å². The van der Waals surface area contributed by atoms with E-state index >= 15 is 0 Å². The van der Waals surface area contributed by atoms with Crippen LogP contribution in [0.1, 0.15) is 46.5 Å². The van der Waals surface area contributed by atoms with E-state index in [9.17, 15) is 4.79 Å². The summed E-state index contributed by atoms with van der Waals surface area (Å²) in [5.41, 5.74) is 6.71. The molecule has 5 heteroatoms. The maximum Gasteiger partial charge on any atom is 0.229 e.